The minimum Gasteiger partial charge on any atom is -0.482 e. The third kappa shape index (κ3) is 4.39. The molecule has 2 heterocycles. The van der Waals surface area contributed by atoms with Crippen LogP contribution < -0.4 is 4.74 Å². The third-order valence-corrected chi connectivity index (χ3v) is 4.61. The van der Waals surface area contributed by atoms with Crippen molar-refractivity contribution in [2.75, 3.05) is 26.2 Å². The molecule has 0 saturated carbocycles. The van der Waals surface area contributed by atoms with Crippen LogP contribution in [0.15, 0.2) is 42.7 Å². The van der Waals surface area contributed by atoms with Crippen molar-refractivity contribution in [1.29, 1.82) is 0 Å². The van der Waals surface area contributed by atoms with Gasteiger partial charge in [-0.3, -0.25) is 14.6 Å². The summed E-state index contributed by atoms with van der Waals surface area (Å²) in [7, 11) is 0. The molecular formula is C20H23N3O3. The van der Waals surface area contributed by atoms with Crippen LogP contribution in [0.5, 0.6) is 5.75 Å². The molecule has 0 unspecified atom stereocenters. The second kappa shape index (κ2) is 7.99. The zero-order chi connectivity index (χ0) is 18.5. The molecular weight excluding hydrogens is 330 g/mol. The summed E-state index contributed by atoms with van der Waals surface area (Å²) in [5.74, 6) is 0.317. The molecule has 0 radical (unpaired) electrons. The van der Waals surface area contributed by atoms with Crippen molar-refractivity contribution in [3.63, 3.8) is 0 Å². The van der Waals surface area contributed by atoms with Gasteiger partial charge in [-0.15, -0.1) is 0 Å². The Morgan fingerprint density at radius 2 is 2.04 bits per heavy atom. The molecule has 1 fully saturated rings. The first-order chi connectivity index (χ1) is 12.5. The molecule has 1 aliphatic rings. The highest BCUT2D eigenvalue weighted by Gasteiger charge is 2.27. The van der Waals surface area contributed by atoms with Crippen LogP contribution in [0.4, 0.5) is 0 Å². The predicted molar refractivity (Wildman–Crippen MR) is 97.6 cm³/mol. The Hall–Kier alpha value is -2.89. The standard InChI is InChI=1S/C20H23N3O3/c1-15-5-6-17(10-16(15)2)12-22-8-9-23(13-19(22)24)20(25)14-26-18-4-3-7-21-11-18/h3-7,10-11H,8-9,12-14H2,1-2H3. The molecule has 26 heavy (non-hydrogen) atoms. The number of aryl methyl sites for hydroxylation is 2. The highest BCUT2D eigenvalue weighted by molar-refractivity contribution is 5.86. The van der Waals surface area contributed by atoms with Gasteiger partial charge >= 0.3 is 0 Å². The summed E-state index contributed by atoms with van der Waals surface area (Å²) < 4.78 is 5.42. The van der Waals surface area contributed by atoms with Crippen LogP contribution in [0.25, 0.3) is 0 Å². The van der Waals surface area contributed by atoms with Crippen LogP contribution in [0, 0.1) is 13.8 Å². The average Bonchev–Trinajstić information content (AvgIpc) is 2.65. The lowest BCUT2D eigenvalue weighted by Crippen LogP contribution is -2.52. The molecule has 0 N–H and O–H groups in total. The van der Waals surface area contributed by atoms with E-state index < -0.39 is 0 Å². The summed E-state index contributed by atoms with van der Waals surface area (Å²) in [5.41, 5.74) is 3.57. The van der Waals surface area contributed by atoms with Gasteiger partial charge in [0.25, 0.3) is 5.91 Å². The summed E-state index contributed by atoms with van der Waals surface area (Å²) in [5, 5.41) is 0. The van der Waals surface area contributed by atoms with E-state index in [9.17, 15) is 9.59 Å². The smallest absolute Gasteiger partial charge is 0.261 e. The average molecular weight is 353 g/mol. The van der Waals surface area contributed by atoms with Crippen LogP contribution in [-0.2, 0) is 16.1 Å². The molecule has 1 saturated heterocycles. The molecule has 0 spiro atoms. The van der Waals surface area contributed by atoms with Crippen molar-refractivity contribution in [1.82, 2.24) is 14.8 Å². The third-order valence-electron chi connectivity index (χ3n) is 4.61. The molecule has 0 aliphatic carbocycles. The molecule has 2 aromatic rings. The highest BCUT2D eigenvalue weighted by Crippen LogP contribution is 2.14. The maximum absolute atomic E-state index is 12.4. The molecule has 1 aromatic carbocycles. The number of rotatable bonds is 5. The topological polar surface area (TPSA) is 62.7 Å². The number of carbonyl (C=O) groups excluding carboxylic acids is 2. The van der Waals surface area contributed by atoms with Crippen molar-refractivity contribution in [2.24, 2.45) is 0 Å². The van der Waals surface area contributed by atoms with Gasteiger partial charge in [0.15, 0.2) is 6.61 Å². The van der Waals surface area contributed by atoms with Crippen molar-refractivity contribution in [3.8, 4) is 5.75 Å². The van der Waals surface area contributed by atoms with Crippen LogP contribution >= 0.6 is 0 Å². The molecule has 6 nitrogen and oxygen atoms in total. The molecule has 136 valence electrons. The summed E-state index contributed by atoms with van der Waals surface area (Å²) in [4.78, 5) is 32.0. The second-order valence-electron chi connectivity index (χ2n) is 6.53. The second-order valence-corrected chi connectivity index (χ2v) is 6.53. The summed E-state index contributed by atoms with van der Waals surface area (Å²) in [6.45, 7) is 5.78. The minimum absolute atomic E-state index is 0.0378. The number of piperazine rings is 1. The van der Waals surface area contributed by atoms with Crippen molar-refractivity contribution >= 4 is 11.8 Å². The summed E-state index contributed by atoms with van der Waals surface area (Å²) >= 11 is 0. The molecule has 3 rings (SSSR count). The van der Waals surface area contributed by atoms with Gasteiger partial charge in [0, 0.05) is 25.8 Å². The zero-order valence-electron chi connectivity index (χ0n) is 15.1. The van der Waals surface area contributed by atoms with Gasteiger partial charge in [-0.05, 0) is 42.7 Å². The number of nitrogens with zero attached hydrogens (tertiary/aromatic N) is 3. The van der Waals surface area contributed by atoms with Crippen LogP contribution in [-0.4, -0.2) is 52.8 Å². The molecule has 6 heteroatoms. The lowest BCUT2D eigenvalue weighted by Gasteiger charge is -2.34. The Morgan fingerprint density at radius 1 is 1.19 bits per heavy atom. The fourth-order valence-corrected chi connectivity index (χ4v) is 2.88. The SMILES string of the molecule is Cc1ccc(CN2CCN(C(=O)COc3cccnc3)CC2=O)cc1C. The Balaban J connectivity index is 1.52. The maximum Gasteiger partial charge on any atom is 0.261 e. The molecule has 0 atom stereocenters. The Labute approximate surface area is 153 Å². The first-order valence-corrected chi connectivity index (χ1v) is 8.67. The van der Waals surface area contributed by atoms with Crippen LogP contribution in [0.1, 0.15) is 16.7 Å². The van der Waals surface area contributed by atoms with Crippen LogP contribution in [0.2, 0.25) is 0 Å². The van der Waals surface area contributed by atoms with Crippen molar-refractivity contribution in [3.05, 3.63) is 59.4 Å². The lowest BCUT2D eigenvalue weighted by molar-refractivity contribution is -0.146. The summed E-state index contributed by atoms with van der Waals surface area (Å²) in [6.07, 6.45) is 3.20. The number of hydrogen-bond acceptors (Lipinski definition) is 4. The van der Waals surface area contributed by atoms with E-state index in [-0.39, 0.29) is 25.0 Å². The normalized spacial score (nSPS) is 14.5. The van der Waals surface area contributed by atoms with Gasteiger partial charge in [-0.2, -0.15) is 0 Å². The molecule has 2 amide bonds. The largest absolute Gasteiger partial charge is 0.482 e. The van der Waals surface area contributed by atoms with Crippen molar-refractivity contribution in [2.45, 2.75) is 20.4 Å². The quantitative estimate of drug-likeness (QED) is 0.824. The van der Waals surface area contributed by atoms with Crippen LogP contribution in [0.3, 0.4) is 0 Å². The zero-order valence-corrected chi connectivity index (χ0v) is 15.1. The van der Waals surface area contributed by atoms with E-state index in [0.29, 0.717) is 25.4 Å². The maximum atomic E-state index is 12.4. The molecule has 0 bridgehead atoms. The predicted octanol–water partition coefficient (Wildman–Crippen LogP) is 1.95. The lowest BCUT2D eigenvalue weighted by atomic mass is 10.1. The van der Waals surface area contributed by atoms with Crippen molar-refractivity contribution < 1.29 is 14.3 Å². The van der Waals surface area contributed by atoms with Gasteiger partial charge < -0.3 is 14.5 Å². The number of aromatic nitrogens is 1. The number of ether oxygens (including phenoxy) is 1. The van der Waals surface area contributed by atoms with E-state index in [4.69, 9.17) is 4.74 Å². The van der Waals surface area contributed by atoms with Gasteiger partial charge in [0.05, 0.1) is 12.7 Å². The van der Waals surface area contributed by atoms with Gasteiger partial charge in [-0.25, -0.2) is 0 Å². The number of hydrogen-bond donors (Lipinski definition) is 0. The highest BCUT2D eigenvalue weighted by atomic mass is 16.5. The number of carbonyl (C=O) groups is 2. The number of benzene rings is 1. The number of amides is 2. The first kappa shape index (κ1) is 17.9. The minimum atomic E-state index is -0.187. The Morgan fingerprint density at radius 3 is 2.73 bits per heavy atom. The summed E-state index contributed by atoms with van der Waals surface area (Å²) in [6, 6.07) is 9.73. The van der Waals surface area contributed by atoms with E-state index >= 15 is 0 Å². The molecule has 1 aromatic heterocycles. The fourth-order valence-electron chi connectivity index (χ4n) is 2.88. The first-order valence-electron chi connectivity index (χ1n) is 8.67. The van der Waals surface area contributed by atoms with E-state index in [1.807, 2.05) is 0 Å². The van der Waals surface area contributed by atoms with E-state index in [2.05, 4.69) is 37.0 Å². The monoisotopic (exact) mass is 353 g/mol. The van der Waals surface area contributed by atoms with Gasteiger partial charge in [-0.1, -0.05) is 18.2 Å². The van der Waals surface area contributed by atoms with Gasteiger partial charge in [0.2, 0.25) is 5.91 Å². The van der Waals surface area contributed by atoms with E-state index in [1.54, 1.807) is 34.3 Å². The Kier molecular flexibility index (Phi) is 5.51. The Bertz CT molecular complexity index is 792. The number of pyridine rings is 1. The van der Waals surface area contributed by atoms with E-state index in [1.165, 1.54) is 11.1 Å². The molecule has 1 aliphatic heterocycles. The fraction of sp³-hybridized carbons (Fsp3) is 0.350. The van der Waals surface area contributed by atoms with E-state index in [0.717, 1.165) is 5.56 Å². The van der Waals surface area contributed by atoms with Gasteiger partial charge in [0.1, 0.15) is 5.75 Å².